The Hall–Kier alpha value is -1.62. The van der Waals surface area contributed by atoms with Crippen molar-refractivity contribution in [1.29, 1.82) is 0 Å². The zero-order chi connectivity index (χ0) is 13.9. The third-order valence-corrected chi connectivity index (χ3v) is 3.31. The Morgan fingerprint density at radius 2 is 1.71 bits per heavy atom. The normalized spacial score (nSPS) is 13.5. The van der Waals surface area contributed by atoms with Crippen molar-refractivity contribution in [3.8, 4) is 0 Å². The molecule has 0 radical (unpaired) electrons. The van der Waals surface area contributed by atoms with Gasteiger partial charge >= 0.3 is 29.6 Å². The van der Waals surface area contributed by atoms with Crippen LogP contribution in [0.3, 0.4) is 0 Å². The molecule has 4 nitrogen and oxygen atoms in total. The van der Waals surface area contributed by atoms with E-state index in [9.17, 15) is 9.90 Å². The zero-order valence-electron chi connectivity index (χ0n) is 11.8. The van der Waals surface area contributed by atoms with E-state index in [1.54, 1.807) is 24.3 Å². The summed E-state index contributed by atoms with van der Waals surface area (Å²) < 4.78 is 0. The molecule has 1 aliphatic rings. The summed E-state index contributed by atoms with van der Waals surface area (Å²) >= 11 is 0. The van der Waals surface area contributed by atoms with E-state index in [1.165, 1.54) is 0 Å². The number of hydrogen-bond acceptors (Lipinski definition) is 4. The molecule has 2 aromatic rings. The average Bonchev–Trinajstić information content (AvgIpc) is 2.98. The molecule has 100 valence electrons. The van der Waals surface area contributed by atoms with E-state index in [-0.39, 0.29) is 35.1 Å². The summed E-state index contributed by atoms with van der Waals surface area (Å²) in [5.41, 5.74) is 3.25. The maximum Gasteiger partial charge on any atom is 1.00 e. The number of carboxylic acids is 1. The van der Waals surface area contributed by atoms with E-state index < -0.39 is 5.97 Å². The van der Waals surface area contributed by atoms with Crippen molar-refractivity contribution in [2.75, 3.05) is 11.6 Å². The van der Waals surface area contributed by atoms with Gasteiger partial charge in [-0.3, -0.25) is 5.01 Å². The first kappa shape index (κ1) is 15.8. The molecular weight excluding hydrogens is 275 g/mol. The molecule has 0 aromatic heterocycles. The fraction of sp³-hybridized carbons (Fsp3) is 0.125. The Bertz CT molecular complexity index is 654. The molecule has 3 rings (SSSR count). The molecule has 0 N–H and O–H groups in total. The Kier molecular flexibility index (Phi) is 5.17. The van der Waals surface area contributed by atoms with E-state index in [2.05, 4.69) is 5.10 Å². The molecule has 0 unspecified atom stereocenters. The number of rotatable bonds is 3. The summed E-state index contributed by atoms with van der Waals surface area (Å²) in [7, 11) is 0. The quantitative estimate of drug-likeness (QED) is 0.658. The molecule has 0 fully saturated rings. The fourth-order valence-corrected chi connectivity index (χ4v) is 2.25. The Labute approximate surface area is 145 Å². The third-order valence-electron chi connectivity index (χ3n) is 3.31. The van der Waals surface area contributed by atoms with Gasteiger partial charge in [0.1, 0.15) is 0 Å². The molecule has 21 heavy (non-hydrogen) atoms. The van der Waals surface area contributed by atoms with Gasteiger partial charge in [0.15, 0.2) is 0 Å². The second-order valence-corrected chi connectivity index (χ2v) is 4.62. The van der Waals surface area contributed by atoms with Gasteiger partial charge in [0.05, 0.1) is 17.4 Å². The van der Waals surface area contributed by atoms with Crippen LogP contribution in [0.25, 0.3) is 0 Å². The van der Waals surface area contributed by atoms with Crippen molar-refractivity contribution in [3.05, 3.63) is 65.7 Å². The minimum Gasteiger partial charge on any atom is -0.545 e. The number of anilines is 1. The Morgan fingerprint density at radius 3 is 2.33 bits per heavy atom. The van der Waals surface area contributed by atoms with Gasteiger partial charge < -0.3 is 9.90 Å². The van der Waals surface area contributed by atoms with Crippen LogP contribution in [0.5, 0.6) is 0 Å². The molecule has 1 heterocycles. The molecule has 0 amide bonds. The summed E-state index contributed by atoms with van der Waals surface area (Å²) in [5.74, 6) is -1.16. The van der Waals surface area contributed by atoms with Gasteiger partial charge in [-0.15, -0.1) is 0 Å². The molecule has 0 spiro atoms. The van der Waals surface area contributed by atoms with Crippen molar-refractivity contribution < 1.29 is 39.5 Å². The number of carboxylic acid groups (broad SMARTS) is 1. The van der Waals surface area contributed by atoms with Gasteiger partial charge in [0.2, 0.25) is 0 Å². The number of hydrazone groups is 1. The van der Waals surface area contributed by atoms with E-state index in [0.717, 1.165) is 29.9 Å². The van der Waals surface area contributed by atoms with Gasteiger partial charge in [-0.25, -0.2) is 0 Å². The van der Waals surface area contributed by atoms with Crippen LogP contribution in [0.15, 0.2) is 59.7 Å². The van der Waals surface area contributed by atoms with Crippen molar-refractivity contribution >= 4 is 17.4 Å². The van der Waals surface area contributed by atoms with Crippen LogP contribution in [0.4, 0.5) is 5.69 Å². The molecule has 1 aliphatic heterocycles. The SMILES string of the molecule is O=C([O-])c1ccc(N2CCC(c3ccccc3)=N2)cc1.[Na+]. The fourth-order valence-electron chi connectivity index (χ4n) is 2.25. The molecule has 5 heteroatoms. The van der Waals surface area contributed by atoms with Crippen LogP contribution in [-0.2, 0) is 0 Å². The number of nitrogens with zero attached hydrogens (tertiary/aromatic N) is 2. The van der Waals surface area contributed by atoms with Crippen LogP contribution in [0.2, 0.25) is 0 Å². The van der Waals surface area contributed by atoms with Gasteiger partial charge in [0.25, 0.3) is 0 Å². The minimum atomic E-state index is -1.16. The van der Waals surface area contributed by atoms with Crippen LogP contribution in [0, 0.1) is 0 Å². The first-order valence-electron chi connectivity index (χ1n) is 6.46. The van der Waals surface area contributed by atoms with Crippen molar-refractivity contribution in [3.63, 3.8) is 0 Å². The van der Waals surface area contributed by atoms with E-state index >= 15 is 0 Å². The molecule has 0 bridgehead atoms. The number of carbonyl (C=O) groups is 1. The van der Waals surface area contributed by atoms with E-state index in [0.29, 0.717) is 0 Å². The second-order valence-electron chi connectivity index (χ2n) is 4.62. The van der Waals surface area contributed by atoms with E-state index in [1.807, 2.05) is 35.3 Å². The molecule has 0 saturated heterocycles. The van der Waals surface area contributed by atoms with Gasteiger partial charge in [-0.1, -0.05) is 42.5 Å². The second kappa shape index (κ2) is 6.89. The molecule has 0 saturated carbocycles. The van der Waals surface area contributed by atoms with Gasteiger partial charge in [-0.2, -0.15) is 5.10 Å². The van der Waals surface area contributed by atoms with Crippen LogP contribution >= 0.6 is 0 Å². The monoisotopic (exact) mass is 288 g/mol. The maximum absolute atomic E-state index is 10.7. The largest absolute Gasteiger partial charge is 1.00 e. The standard InChI is InChI=1S/C16H14N2O2.Na/c19-16(20)13-6-8-14(9-7-13)18-11-10-15(17-18)12-4-2-1-3-5-12;/h1-9H,10-11H2,(H,19,20);/q;+1/p-1. The van der Waals surface area contributed by atoms with Crippen molar-refractivity contribution in [2.24, 2.45) is 5.10 Å². The van der Waals surface area contributed by atoms with Crippen LogP contribution in [-0.4, -0.2) is 18.2 Å². The molecule has 0 atom stereocenters. The summed E-state index contributed by atoms with van der Waals surface area (Å²) in [6.07, 6.45) is 0.881. The molecule has 0 aliphatic carbocycles. The summed E-state index contributed by atoms with van der Waals surface area (Å²) in [6.45, 7) is 0.800. The Morgan fingerprint density at radius 1 is 1.05 bits per heavy atom. The van der Waals surface area contributed by atoms with Gasteiger partial charge in [0, 0.05) is 13.0 Å². The van der Waals surface area contributed by atoms with Crippen LogP contribution in [0.1, 0.15) is 22.3 Å². The van der Waals surface area contributed by atoms with Crippen molar-refractivity contribution in [2.45, 2.75) is 6.42 Å². The predicted octanol–water partition coefficient (Wildman–Crippen LogP) is -1.33. The number of aromatic carboxylic acids is 1. The number of hydrogen-bond donors (Lipinski definition) is 0. The third kappa shape index (κ3) is 3.53. The summed E-state index contributed by atoms with van der Waals surface area (Å²) in [6, 6.07) is 16.6. The molecule has 2 aromatic carbocycles. The smallest absolute Gasteiger partial charge is 0.545 e. The van der Waals surface area contributed by atoms with Crippen molar-refractivity contribution in [1.82, 2.24) is 0 Å². The Balaban J connectivity index is 0.00000161. The predicted molar refractivity (Wildman–Crippen MR) is 75.7 cm³/mol. The zero-order valence-corrected chi connectivity index (χ0v) is 13.8. The number of carbonyl (C=O) groups excluding carboxylic acids is 1. The van der Waals surface area contributed by atoms with Crippen LogP contribution < -0.4 is 39.7 Å². The first-order valence-corrected chi connectivity index (χ1v) is 6.46. The summed E-state index contributed by atoms with van der Waals surface area (Å²) in [5, 5.41) is 17.2. The van der Waals surface area contributed by atoms with E-state index in [4.69, 9.17) is 0 Å². The molecular formula is C16H13N2NaO2. The topological polar surface area (TPSA) is 55.7 Å². The summed E-state index contributed by atoms with van der Waals surface area (Å²) in [4.78, 5) is 10.7. The van der Waals surface area contributed by atoms with Gasteiger partial charge in [-0.05, 0) is 23.3 Å². The minimum absolute atomic E-state index is 0. The first-order chi connectivity index (χ1) is 9.74. The maximum atomic E-state index is 10.7. The number of benzene rings is 2. The average molecular weight is 288 g/mol.